The first kappa shape index (κ1) is 12.7. The van der Waals surface area contributed by atoms with E-state index in [1.54, 1.807) is 5.01 Å². The highest BCUT2D eigenvalue weighted by Gasteiger charge is 2.21. The third-order valence-electron chi connectivity index (χ3n) is 2.46. The maximum Gasteiger partial charge on any atom is 0.0586 e. The summed E-state index contributed by atoms with van der Waals surface area (Å²) in [6.45, 7) is 14.0. The summed E-state index contributed by atoms with van der Waals surface area (Å²) in [4.78, 5) is 0.267. The summed E-state index contributed by atoms with van der Waals surface area (Å²) in [5.74, 6) is 1.16. The molecule has 13 heavy (non-hydrogen) atoms. The minimum absolute atomic E-state index is 0.267. The van der Waals surface area contributed by atoms with Gasteiger partial charge in [0.05, 0.1) is 4.83 Å². The van der Waals surface area contributed by atoms with Crippen molar-refractivity contribution in [3.05, 3.63) is 12.3 Å². The van der Waals surface area contributed by atoms with Gasteiger partial charge in [-0.3, -0.25) is 5.01 Å². The number of hydrogen-bond donors (Lipinski definition) is 0. The molecule has 0 aliphatic heterocycles. The molecular formula is C10H19BrN2. The largest absolute Gasteiger partial charge is 0.273 e. The zero-order chi connectivity index (χ0) is 10.6. The van der Waals surface area contributed by atoms with Crippen molar-refractivity contribution in [3.8, 4) is 0 Å². The summed E-state index contributed by atoms with van der Waals surface area (Å²) in [6.07, 6.45) is 0. The number of hydrogen-bond acceptors (Lipinski definition) is 2. The average molecular weight is 247 g/mol. The van der Waals surface area contributed by atoms with Crippen molar-refractivity contribution >= 4 is 22.6 Å². The van der Waals surface area contributed by atoms with Crippen LogP contribution < -0.4 is 0 Å². The summed E-state index contributed by atoms with van der Waals surface area (Å²) >= 11 is 3.62. The normalized spacial score (nSPS) is 15.2. The molecule has 76 valence electrons. The SMILES string of the molecule is C=NN(C)C(=C)C(Br)C(C)C(C)C. The molecule has 0 saturated heterocycles. The summed E-state index contributed by atoms with van der Waals surface area (Å²) in [6, 6.07) is 0. The van der Waals surface area contributed by atoms with Crippen LogP contribution in [0.5, 0.6) is 0 Å². The van der Waals surface area contributed by atoms with E-state index in [4.69, 9.17) is 0 Å². The number of allylic oxidation sites excluding steroid dienone is 1. The van der Waals surface area contributed by atoms with E-state index in [1.807, 2.05) is 7.05 Å². The van der Waals surface area contributed by atoms with E-state index in [-0.39, 0.29) is 4.83 Å². The Morgan fingerprint density at radius 3 is 2.15 bits per heavy atom. The van der Waals surface area contributed by atoms with Crippen molar-refractivity contribution in [2.45, 2.75) is 25.6 Å². The summed E-state index contributed by atoms with van der Waals surface area (Å²) in [5, 5.41) is 5.51. The lowest BCUT2D eigenvalue weighted by Gasteiger charge is -2.27. The highest BCUT2D eigenvalue weighted by atomic mass is 79.9. The van der Waals surface area contributed by atoms with Gasteiger partial charge in [-0.1, -0.05) is 43.3 Å². The molecule has 0 aromatic carbocycles. The fraction of sp³-hybridized carbons (Fsp3) is 0.700. The lowest BCUT2D eigenvalue weighted by molar-refractivity contribution is 0.365. The molecule has 0 aliphatic rings. The number of hydrazone groups is 1. The zero-order valence-electron chi connectivity index (χ0n) is 8.92. The maximum absolute atomic E-state index is 3.97. The Morgan fingerprint density at radius 2 is 1.85 bits per heavy atom. The van der Waals surface area contributed by atoms with Crippen molar-refractivity contribution in [2.75, 3.05) is 7.05 Å². The number of rotatable bonds is 5. The van der Waals surface area contributed by atoms with E-state index in [9.17, 15) is 0 Å². The van der Waals surface area contributed by atoms with E-state index in [0.717, 1.165) is 5.70 Å². The van der Waals surface area contributed by atoms with Crippen LogP contribution in [-0.2, 0) is 0 Å². The van der Waals surface area contributed by atoms with Gasteiger partial charge in [0.25, 0.3) is 0 Å². The average Bonchev–Trinajstić information content (AvgIpc) is 2.12. The van der Waals surface area contributed by atoms with E-state index in [2.05, 4.69) is 55.1 Å². The minimum Gasteiger partial charge on any atom is -0.273 e. The lowest BCUT2D eigenvalue weighted by atomic mass is 9.93. The van der Waals surface area contributed by atoms with Gasteiger partial charge in [0.2, 0.25) is 0 Å². The van der Waals surface area contributed by atoms with Crippen molar-refractivity contribution in [1.29, 1.82) is 0 Å². The molecule has 0 bridgehead atoms. The molecular weight excluding hydrogens is 228 g/mol. The summed E-state index contributed by atoms with van der Waals surface area (Å²) < 4.78 is 0. The monoisotopic (exact) mass is 246 g/mol. The van der Waals surface area contributed by atoms with Crippen molar-refractivity contribution < 1.29 is 0 Å². The molecule has 0 amide bonds. The second kappa shape index (κ2) is 5.43. The molecule has 0 aromatic heterocycles. The first-order valence-electron chi connectivity index (χ1n) is 4.45. The van der Waals surface area contributed by atoms with Crippen LogP contribution in [0, 0.1) is 11.8 Å². The predicted octanol–water partition coefficient (Wildman–Crippen LogP) is 3.10. The van der Waals surface area contributed by atoms with E-state index in [0.29, 0.717) is 11.8 Å². The Hall–Kier alpha value is -0.310. The molecule has 0 N–H and O–H groups in total. The fourth-order valence-electron chi connectivity index (χ4n) is 0.911. The van der Waals surface area contributed by atoms with Gasteiger partial charge in [-0.05, 0) is 11.8 Å². The summed E-state index contributed by atoms with van der Waals surface area (Å²) in [7, 11) is 1.86. The molecule has 3 heteroatoms. The molecule has 0 spiro atoms. The van der Waals surface area contributed by atoms with Gasteiger partial charge in [-0.2, -0.15) is 5.10 Å². The van der Waals surface area contributed by atoms with Crippen molar-refractivity contribution in [3.63, 3.8) is 0 Å². The molecule has 2 unspecified atom stereocenters. The van der Waals surface area contributed by atoms with Crippen LogP contribution in [-0.4, -0.2) is 23.6 Å². The van der Waals surface area contributed by atoms with Gasteiger partial charge in [-0.25, -0.2) is 0 Å². The third kappa shape index (κ3) is 3.51. The van der Waals surface area contributed by atoms with Gasteiger partial charge in [-0.15, -0.1) is 0 Å². The quantitative estimate of drug-likeness (QED) is 0.414. The highest BCUT2D eigenvalue weighted by Crippen LogP contribution is 2.27. The van der Waals surface area contributed by atoms with Crippen LogP contribution in [0.1, 0.15) is 20.8 Å². The number of nitrogens with zero attached hydrogens (tertiary/aromatic N) is 2. The topological polar surface area (TPSA) is 15.6 Å². The molecule has 0 heterocycles. The van der Waals surface area contributed by atoms with Crippen LogP contribution >= 0.6 is 15.9 Å². The lowest BCUT2D eigenvalue weighted by Crippen LogP contribution is -2.25. The standard InChI is InChI=1S/C10H19BrN2/c1-7(2)8(3)10(11)9(4)13(6)12-5/h7-8,10H,4-5H2,1-3,6H3. The Bertz CT molecular complexity index is 189. The summed E-state index contributed by atoms with van der Waals surface area (Å²) in [5.41, 5.74) is 0.955. The first-order valence-corrected chi connectivity index (χ1v) is 5.36. The maximum atomic E-state index is 3.97. The van der Waals surface area contributed by atoms with Crippen molar-refractivity contribution in [2.24, 2.45) is 16.9 Å². The first-order chi connectivity index (χ1) is 5.91. The van der Waals surface area contributed by atoms with Gasteiger partial charge >= 0.3 is 0 Å². The molecule has 0 rings (SSSR count). The fourth-order valence-corrected chi connectivity index (χ4v) is 1.82. The predicted molar refractivity (Wildman–Crippen MR) is 63.2 cm³/mol. The molecule has 2 nitrogen and oxygen atoms in total. The Kier molecular flexibility index (Phi) is 5.30. The third-order valence-corrected chi connectivity index (χ3v) is 3.82. The molecule has 0 radical (unpaired) electrons. The van der Waals surface area contributed by atoms with Crippen LogP contribution in [0.25, 0.3) is 0 Å². The number of halogens is 1. The van der Waals surface area contributed by atoms with Crippen LogP contribution in [0.2, 0.25) is 0 Å². The highest BCUT2D eigenvalue weighted by molar-refractivity contribution is 9.09. The van der Waals surface area contributed by atoms with Gasteiger partial charge in [0.1, 0.15) is 0 Å². The van der Waals surface area contributed by atoms with Crippen LogP contribution in [0.4, 0.5) is 0 Å². The van der Waals surface area contributed by atoms with E-state index < -0.39 is 0 Å². The van der Waals surface area contributed by atoms with E-state index >= 15 is 0 Å². The molecule has 2 atom stereocenters. The van der Waals surface area contributed by atoms with Gasteiger partial charge < -0.3 is 0 Å². The minimum atomic E-state index is 0.267. The molecule has 0 aliphatic carbocycles. The van der Waals surface area contributed by atoms with Crippen LogP contribution in [0.15, 0.2) is 17.4 Å². The number of alkyl halides is 1. The molecule has 0 fully saturated rings. The van der Waals surface area contributed by atoms with Crippen molar-refractivity contribution in [1.82, 2.24) is 5.01 Å². The Morgan fingerprint density at radius 1 is 1.38 bits per heavy atom. The Labute approximate surface area is 89.8 Å². The second-order valence-corrected chi connectivity index (χ2v) is 4.65. The molecule has 0 saturated carbocycles. The molecule has 0 aromatic rings. The zero-order valence-corrected chi connectivity index (χ0v) is 10.5. The van der Waals surface area contributed by atoms with Gasteiger partial charge in [0.15, 0.2) is 0 Å². The second-order valence-electron chi connectivity index (χ2n) is 3.66. The Balaban J connectivity index is 4.33. The van der Waals surface area contributed by atoms with Gasteiger partial charge in [0, 0.05) is 19.5 Å². The smallest absolute Gasteiger partial charge is 0.0586 e. The van der Waals surface area contributed by atoms with E-state index in [1.165, 1.54) is 0 Å². The van der Waals surface area contributed by atoms with Crippen LogP contribution in [0.3, 0.4) is 0 Å².